The third kappa shape index (κ3) is 2.14. The summed E-state index contributed by atoms with van der Waals surface area (Å²) in [7, 11) is 6.44. The summed E-state index contributed by atoms with van der Waals surface area (Å²) < 4.78 is 4.79. The molecule has 0 unspecified atom stereocenters. The normalized spacial score (nSPS) is 12.6. The number of hydrogen-bond donors (Lipinski definition) is 0. The van der Waals surface area contributed by atoms with Crippen molar-refractivity contribution in [3.63, 3.8) is 0 Å². The molecule has 0 aliphatic rings. The largest absolute Gasteiger partial charge is 0.307 e. The molecule has 0 saturated heterocycles. The first-order valence-electron chi connectivity index (χ1n) is 10.2. The van der Waals surface area contributed by atoms with Crippen LogP contribution in [0.2, 0.25) is 0 Å². The summed E-state index contributed by atoms with van der Waals surface area (Å²) in [5.41, 5.74) is 7.92. The molecular weight excluding hydrogens is 354 g/mol. The van der Waals surface area contributed by atoms with Crippen molar-refractivity contribution < 1.29 is 4.57 Å². The highest BCUT2D eigenvalue weighted by Crippen LogP contribution is 2.40. The van der Waals surface area contributed by atoms with Crippen molar-refractivity contribution >= 4 is 49.0 Å². The minimum atomic E-state index is 0.933. The number of nitrogens with zero attached hydrogens (tertiary/aromatic N) is 3. The number of fused-ring (bicyclic) bond motifs is 5. The van der Waals surface area contributed by atoms with E-state index in [2.05, 4.69) is 103 Å². The molecule has 6 rings (SSSR count). The molecule has 3 aromatic carbocycles. The van der Waals surface area contributed by atoms with Crippen molar-refractivity contribution in [2.24, 2.45) is 7.05 Å². The quantitative estimate of drug-likeness (QED) is 0.229. The second-order valence-corrected chi connectivity index (χ2v) is 8.60. The van der Waals surface area contributed by atoms with Gasteiger partial charge in [-0.25, -0.2) is 4.57 Å². The molecule has 6 aromatic rings. The van der Waals surface area contributed by atoms with Crippen LogP contribution in [0.1, 0.15) is 11.1 Å². The van der Waals surface area contributed by atoms with Crippen LogP contribution in [0.5, 0.6) is 0 Å². The molecule has 0 bridgehead atoms. The highest BCUT2D eigenvalue weighted by atomic mass is 15.0. The molecule has 0 aliphatic heterocycles. The molecule has 0 atom stereocenters. The van der Waals surface area contributed by atoms with Crippen molar-refractivity contribution in [2.45, 2.75) is 13.5 Å². The van der Waals surface area contributed by atoms with Gasteiger partial charge in [-0.15, -0.1) is 0 Å². The summed E-state index contributed by atoms with van der Waals surface area (Å²) in [6.45, 7) is 3.17. The molecule has 142 valence electrons. The van der Waals surface area contributed by atoms with E-state index in [1.807, 2.05) is 0 Å². The van der Waals surface area contributed by atoms with E-state index in [0.717, 1.165) is 6.54 Å². The van der Waals surface area contributed by atoms with Gasteiger partial charge in [0, 0.05) is 23.4 Å². The topological polar surface area (TPSA) is 11.5 Å². The van der Waals surface area contributed by atoms with E-state index in [1.54, 1.807) is 0 Å². The minimum Gasteiger partial charge on any atom is -0.307 e. The maximum atomic E-state index is 2.50. The number of rotatable bonds is 2. The van der Waals surface area contributed by atoms with Crippen molar-refractivity contribution in [3.8, 4) is 0 Å². The van der Waals surface area contributed by atoms with Gasteiger partial charge in [-0.2, -0.15) is 0 Å². The average Bonchev–Trinajstić information content (AvgIpc) is 3.03. The molecule has 0 saturated carbocycles. The summed E-state index contributed by atoms with van der Waals surface area (Å²) >= 11 is 0. The van der Waals surface area contributed by atoms with Gasteiger partial charge < -0.3 is 9.30 Å². The summed E-state index contributed by atoms with van der Waals surface area (Å²) in [5, 5.41) is 6.68. The first-order chi connectivity index (χ1) is 14.0. The Morgan fingerprint density at radius 1 is 0.897 bits per heavy atom. The van der Waals surface area contributed by atoms with E-state index < -0.39 is 0 Å². The van der Waals surface area contributed by atoms with Crippen LogP contribution < -0.4 is 4.57 Å². The summed E-state index contributed by atoms with van der Waals surface area (Å²) in [6, 6.07) is 20.4. The highest BCUT2D eigenvalue weighted by Gasteiger charge is 2.23. The second kappa shape index (κ2) is 5.68. The number of aryl methyl sites for hydroxylation is 2. The Morgan fingerprint density at radius 2 is 1.72 bits per heavy atom. The molecule has 3 nitrogen and oxygen atoms in total. The van der Waals surface area contributed by atoms with Crippen molar-refractivity contribution in [2.75, 3.05) is 14.1 Å². The SMILES string of the molecule is Cc1ccc2c3ccccc3n3c4cc(CN(C)C)cc5cc[n+](C)c(c1c23)c54. The Hall–Kier alpha value is -3.17. The molecule has 0 aliphatic carbocycles. The number of aromatic nitrogens is 2. The molecule has 0 N–H and O–H groups in total. The first-order valence-corrected chi connectivity index (χ1v) is 10.2. The maximum absolute atomic E-state index is 2.50. The van der Waals surface area contributed by atoms with Gasteiger partial charge >= 0.3 is 0 Å². The maximum Gasteiger partial charge on any atom is 0.224 e. The van der Waals surface area contributed by atoms with Crippen LogP contribution >= 0.6 is 0 Å². The molecule has 29 heavy (non-hydrogen) atoms. The molecule has 0 spiro atoms. The lowest BCUT2D eigenvalue weighted by Crippen LogP contribution is -2.29. The van der Waals surface area contributed by atoms with Gasteiger partial charge in [-0.05, 0) is 55.7 Å². The second-order valence-electron chi connectivity index (χ2n) is 8.60. The number of pyridine rings is 2. The highest BCUT2D eigenvalue weighted by molar-refractivity contribution is 6.25. The Morgan fingerprint density at radius 3 is 2.55 bits per heavy atom. The predicted molar refractivity (Wildman–Crippen MR) is 122 cm³/mol. The van der Waals surface area contributed by atoms with Crippen LogP contribution in [0.4, 0.5) is 0 Å². The monoisotopic (exact) mass is 378 g/mol. The molecule has 3 aromatic heterocycles. The van der Waals surface area contributed by atoms with Gasteiger partial charge in [0.25, 0.3) is 0 Å². The van der Waals surface area contributed by atoms with E-state index >= 15 is 0 Å². The fourth-order valence-corrected chi connectivity index (χ4v) is 5.18. The van der Waals surface area contributed by atoms with Gasteiger partial charge in [-0.3, -0.25) is 0 Å². The fraction of sp³-hybridized carbons (Fsp3) is 0.192. The Labute approximate surface area is 169 Å². The fourth-order valence-electron chi connectivity index (χ4n) is 5.18. The van der Waals surface area contributed by atoms with E-state index in [9.17, 15) is 0 Å². The molecular formula is C26H24N3+. The van der Waals surface area contributed by atoms with Crippen LogP contribution in [0, 0.1) is 6.92 Å². The summed E-state index contributed by atoms with van der Waals surface area (Å²) in [5.74, 6) is 0. The van der Waals surface area contributed by atoms with E-state index in [4.69, 9.17) is 0 Å². The minimum absolute atomic E-state index is 0.933. The molecule has 0 amide bonds. The smallest absolute Gasteiger partial charge is 0.224 e. The average molecular weight is 378 g/mol. The van der Waals surface area contributed by atoms with Crippen LogP contribution in [0.25, 0.3) is 49.0 Å². The van der Waals surface area contributed by atoms with Crippen LogP contribution in [-0.4, -0.2) is 23.4 Å². The van der Waals surface area contributed by atoms with Crippen molar-refractivity contribution in [3.05, 3.63) is 71.9 Å². The third-order valence-corrected chi connectivity index (χ3v) is 6.30. The number of para-hydroxylation sites is 1. The van der Waals surface area contributed by atoms with Crippen molar-refractivity contribution in [1.82, 2.24) is 9.30 Å². The van der Waals surface area contributed by atoms with Gasteiger partial charge in [0.15, 0.2) is 6.20 Å². The lowest BCUT2D eigenvalue weighted by molar-refractivity contribution is -0.643. The molecule has 3 heterocycles. The standard InChI is InChI=1S/C26H24N3/c1-16-9-10-20-19-7-5-6-8-21(19)29-22-14-17(15-27(2)3)13-18-11-12-28(4)26(24(18)22)23(16)25(20)29/h5-14H,15H2,1-4H3/q+1. The van der Waals surface area contributed by atoms with Crippen molar-refractivity contribution in [1.29, 1.82) is 0 Å². The third-order valence-electron chi connectivity index (χ3n) is 6.30. The van der Waals surface area contributed by atoms with Crippen LogP contribution in [0.3, 0.4) is 0 Å². The zero-order valence-electron chi connectivity index (χ0n) is 17.3. The predicted octanol–water partition coefficient (Wildman–Crippen LogP) is 5.18. The van der Waals surface area contributed by atoms with Gasteiger partial charge in [0.05, 0.1) is 27.3 Å². The Bertz CT molecular complexity index is 1570. The van der Waals surface area contributed by atoms with E-state index in [1.165, 1.54) is 60.1 Å². The molecule has 0 radical (unpaired) electrons. The molecule has 0 fully saturated rings. The Balaban J connectivity index is 2.01. The van der Waals surface area contributed by atoms with Gasteiger partial charge in [-0.1, -0.05) is 30.3 Å². The molecule has 3 heteroatoms. The zero-order valence-corrected chi connectivity index (χ0v) is 17.3. The summed E-state index contributed by atoms with van der Waals surface area (Å²) in [4.78, 5) is 2.24. The van der Waals surface area contributed by atoms with Crippen LogP contribution in [0.15, 0.2) is 60.8 Å². The first kappa shape index (κ1) is 16.8. The van der Waals surface area contributed by atoms with E-state index in [-0.39, 0.29) is 0 Å². The van der Waals surface area contributed by atoms with Crippen LogP contribution in [-0.2, 0) is 13.6 Å². The lowest BCUT2D eigenvalue weighted by Gasteiger charge is -2.16. The van der Waals surface area contributed by atoms with Gasteiger partial charge in [0.2, 0.25) is 5.52 Å². The van der Waals surface area contributed by atoms with Gasteiger partial charge in [0.1, 0.15) is 7.05 Å². The zero-order chi connectivity index (χ0) is 19.9. The lowest BCUT2D eigenvalue weighted by atomic mass is 9.98. The summed E-state index contributed by atoms with van der Waals surface area (Å²) in [6.07, 6.45) is 2.21. The van der Waals surface area contributed by atoms with E-state index in [0.29, 0.717) is 0 Å². The number of hydrogen-bond acceptors (Lipinski definition) is 1. The number of benzene rings is 3. The Kier molecular flexibility index (Phi) is 3.28.